The minimum absolute atomic E-state index is 0.0642. The minimum Gasteiger partial charge on any atom is -0.616 e. The van der Waals surface area contributed by atoms with Crippen molar-refractivity contribution in [3.63, 3.8) is 0 Å². The SMILES string of the molecule is C[S+]([O-])Cc1cc2cc(c1)OCCCNc1cc(F)ccc1-c1nc(ncc1F)N2. The summed E-state index contributed by atoms with van der Waals surface area (Å²) >= 11 is -1.02. The second kappa shape index (κ2) is 8.85. The number of anilines is 3. The van der Waals surface area contributed by atoms with Crippen LogP contribution in [0, 0.1) is 11.6 Å². The van der Waals surface area contributed by atoms with E-state index in [0.717, 1.165) is 11.8 Å². The van der Waals surface area contributed by atoms with E-state index in [1.54, 1.807) is 12.3 Å². The molecule has 4 bridgehead atoms. The van der Waals surface area contributed by atoms with E-state index in [2.05, 4.69) is 20.6 Å². The van der Waals surface area contributed by atoms with E-state index in [1.807, 2.05) is 12.1 Å². The number of aromatic nitrogens is 2. The fraction of sp³-hybridized carbons (Fsp3) is 0.238. The molecule has 3 aromatic rings. The Bertz CT molecular complexity index is 1070. The Labute approximate surface area is 175 Å². The van der Waals surface area contributed by atoms with Crippen molar-refractivity contribution in [3.8, 4) is 17.0 Å². The van der Waals surface area contributed by atoms with Gasteiger partial charge in [-0.3, -0.25) is 0 Å². The highest BCUT2D eigenvalue weighted by atomic mass is 32.2. The number of ether oxygens (including phenoxy) is 1. The molecule has 156 valence electrons. The molecule has 4 rings (SSSR count). The zero-order valence-electron chi connectivity index (χ0n) is 16.2. The van der Waals surface area contributed by atoms with Gasteiger partial charge in [-0.1, -0.05) is 11.2 Å². The van der Waals surface area contributed by atoms with Crippen LogP contribution < -0.4 is 15.4 Å². The summed E-state index contributed by atoms with van der Waals surface area (Å²) in [4.78, 5) is 8.33. The lowest BCUT2D eigenvalue weighted by molar-refractivity contribution is 0.315. The van der Waals surface area contributed by atoms with E-state index < -0.39 is 22.8 Å². The number of hydrogen-bond donors (Lipinski definition) is 2. The highest BCUT2D eigenvalue weighted by Gasteiger charge is 2.16. The molecule has 30 heavy (non-hydrogen) atoms. The van der Waals surface area contributed by atoms with Gasteiger partial charge in [-0.15, -0.1) is 0 Å². The number of fused-ring (bicyclic) bond motifs is 6. The molecule has 1 aliphatic rings. The topological polar surface area (TPSA) is 82.1 Å². The Balaban J connectivity index is 1.78. The Morgan fingerprint density at radius 2 is 2.07 bits per heavy atom. The molecule has 1 aliphatic heterocycles. The summed E-state index contributed by atoms with van der Waals surface area (Å²) in [5, 5.41) is 6.19. The predicted octanol–water partition coefficient (Wildman–Crippen LogP) is 4.24. The normalized spacial score (nSPS) is 14.4. The number of rotatable bonds is 2. The molecule has 9 heteroatoms. The van der Waals surface area contributed by atoms with Gasteiger partial charge >= 0.3 is 0 Å². The van der Waals surface area contributed by atoms with Crippen LogP contribution in [-0.4, -0.2) is 33.9 Å². The van der Waals surface area contributed by atoms with E-state index in [1.165, 1.54) is 18.2 Å². The zero-order valence-corrected chi connectivity index (χ0v) is 17.1. The molecule has 1 unspecified atom stereocenters. The lowest BCUT2D eigenvalue weighted by atomic mass is 10.1. The average molecular weight is 430 g/mol. The van der Waals surface area contributed by atoms with Crippen molar-refractivity contribution in [2.75, 3.05) is 30.0 Å². The maximum absolute atomic E-state index is 14.6. The lowest BCUT2D eigenvalue weighted by Gasteiger charge is -2.16. The summed E-state index contributed by atoms with van der Waals surface area (Å²) in [7, 11) is 0. The highest BCUT2D eigenvalue weighted by molar-refractivity contribution is 7.89. The Morgan fingerprint density at radius 3 is 2.90 bits per heavy atom. The number of nitrogens with zero attached hydrogens (tertiary/aromatic N) is 2. The number of nitrogens with one attached hydrogen (secondary N) is 2. The summed E-state index contributed by atoms with van der Waals surface area (Å²) in [6.07, 6.45) is 3.35. The van der Waals surface area contributed by atoms with Crippen molar-refractivity contribution in [1.29, 1.82) is 0 Å². The van der Waals surface area contributed by atoms with Gasteiger partial charge in [-0.05, 0) is 36.8 Å². The van der Waals surface area contributed by atoms with Crippen LogP contribution >= 0.6 is 0 Å². The van der Waals surface area contributed by atoms with Crippen LogP contribution in [-0.2, 0) is 16.9 Å². The lowest BCUT2D eigenvalue weighted by Crippen LogP contribution is -2.10. The molecule has 2 N–H and O–H groups in total. The first-order valence-electron chi connectivity index (χ1n) is 9.38. The zero-order chi connectivity index (χ0) is 21.1. The molecule has 0 saturated heterocycles. The van der Waals surface area contributed by atoms with E-state index in [-0.39, 0.29) is 11.6 Å². The maximum atomic E-state index is 14.6. The van der Waals surface area contributed by atoms with Crippen LogP contribution in [0.1, 0.15) is 12.0 Å². The highest BCUT2D eigenvalue weighted by Crippen LogP contribution is 2.31. The summed E-state index contributed by atoms with van der Waals surface area (Å²) < 4.78 is 45.9. The molecule has 2 aromatic carbocycles. The smallest absolute Gasteiger partial charge is 0.227 e. The van der Waals surface area contributed by atoms with Crippen molar-refractivity contribution in [2.45, 2.75) is 12.2 Å². The third-order valence-corrected chi connectivity index (χ3v) is 5.22. The minimum atomic E-state index is -1.02. The second-order valence-corrected chi connectivity index (χ2v) is 8.35. The number of hydrogen-bond acceptors (Lipinski definition) is 6. The molecule has 1 atom stereocenters. The second-order valence-electron chi connectivity index (χ2n) is 6.92. The average Bonchev–Trinajstić information content (AvgIpc) is 2.68. The largest absolute Gasteiger partial charge is 0.616 e. The van der Waals surface area contributed by atoms with Crippen molar-refractivity contribution < 1.29 is 18.1 Å². The third-order valence-electron chi connectivity index (χ3n) is 4.48. The molecular weight excluding hydrogens is 410 g/mol. The molecule has 0 aliphatic carbocycles. The van der Waals surface area contributed by atoms with Gasteiger partial charge in [0.1, 0.15) is 23.0 Å². The Hall–Kier alpha value is -2.91. The van der Waals surface area contributed by atoms with Crippen molar-refractivity contribution in [3.05, 3.63) is 59.8 Å². The van der Waals surface area contributed by atoms with Crippen LogP contribution in [0.3, 0.4) is 0 Å². The molecule has 6 nitrogen and oxygen atoms in total. The van der Waals surface area contributed by atoms with E-state index in [4.69, 9.17) is 4.74 Å². The predicted molar refractivity (Wildman–Crippen MR) is 113 cm³/mol. The monoisotopic (exact) mass is 430 g/mol. The van der Waals surface area contributed by atoms with Crippen LogP contribution in [0.5, 0.6) is 5.75 Å². The van der Waals surface area contributed by atoms with Crippen molar-refractivity contribution in [1.82, 2.24) is 9.97 Å². The fourth-order valence-electron chi connectivity index (χ4n) is 3.23. The van der Waals surface area contributed by atoms with E-state index in [0.29, 0.717) is 48.0 Å². The van der Waals surface area contributed by atoms with Crippen LogP contribution in [0.4, 0.5) is 26.1 Å². The first kappa shape index (κ1) is 20.4. The molecule has 0 radical (unpaired) electrons. The fourth-order valence-corrected chi connectivity index (χ4v) is 3.87. The standard InChI is InChI=1S/C21H20F2N4O2S/c1-30(28)12-13-7-15-10-16(8-13)29-6-2-5-24-19-9-14(22)3-4-17(19)20-18(23)11-25-21(26-15)27-20/h3-4,7-11,24H,2,5-6,12H2,1H3,(H,25,26,27). The Morgan fingerprint density at radius 1 is 1.20 bits per heavy atom. The van der Waals surface area contributed by atoms with Crippen molar-refractivity contribution >= 4 is 28.5 Å². The van der Waals surface area contributed by atoms with Crippen LogP contribution in [0.2, 0.25) is 0 Å². The van der Waals surface area contributed by atoms with Gasteiger partial charge in [0.2, 0.25) is 5.95 Å². The summed E-state index contributed by atoms with van der Waals surface area (Å²) in [5.41, 5.74) is 2.42. The summed E-state index contributed by atoms with van der Waals surface area (Å²) in [5.74, 6) is 0.136. The first-order valence-corrected chi connectivity index (χ1v) is 11.1. The molecule has 0 amide bonds. The summed E-state index contributed by atoms with van der Waals surface area (Å²) in [6.45, 7) is 0.922. The van der Waals surface area contributed by atoms with E-state index in [9.17, 15) is 13.3 Å². The molecule has 0 saturated carbocycles. The van der Waals surface area contributed by atoms with Crippen LogP contribution in [0.15, 0.2) is 42.6 Å². The maximum Gasteiger partial charge on any atom is 0.227 e. The molecule has 2 heterocycles. The quantitative estimate of drug-likeness (QED) is 0.592. The van der Waals surface area contributed by atoms with E-state index >= 15 is 0 Å². The Kier molecular flexibility index (Phi) is 6.01. The first-order chi connectivity index (χ1) is 14.5. The van der Waals surface area contributed by atoms with Crippen molar-refractivity contribution in [2.24, 2.45) is 0 Å². The molecule has 0 spiro atoms. The van der Waals surface area contributed by atoms with Gasteiger partial charge in [0, 0.05) is 35.1 Å². The van der Waals surface area contributed by atoms with Gasteiger partial charge in [0.05, 0.1) is 19.1 Å². The van der Waals surface area contributed by atoms with Gasteiger partial charge in [-0.25, -0.2) is 18.7 Å². The van der Waals surface area contributed by atoms with Gasteiger partial charge < -0.3 is 19.9 Å². The molecule has 0 fully saturated rings. The molecular formula is C21H20F2N4O2S. The third kappa shape index (κ3) is 4.80. The van der Waals surface area contributed by atoms with Gasteiger partial charge in [0.25, 0.3) is 0 Å². The molecule has 1 aromatic heterocycles. The van der Waals surface area contributed by atoms with Crippen LogP contribution in [0.25, 0.3) is 11.3 Å². The number of halogens is 2. The summed E-state index contributed by atoms with van der Waals surface area (Å²) in [6, 6.07) is 9.53. The van der Waals surface area contributed by atoms with Gasteiger partial charge in [0.15, 0.2) is 5.82 Å². The number of benzene rings is 2. The van der Waals surface area contributed by atoms with Gasteiger partial charge in [-0.2, -0.15) is 0 Å².